The van der Waals surface area contributed by atoms with Gasteiger partial charge < -0.3 is 14.8 Å². The Morgan fingerprint density at radius 3 is 2.34 bits per heavy atom. The maximum atomic E-state index is 12.6. The third kappa shape index (κ3) is 5.23. The van der Waals surface area contributed by atoms with Gasteiger partial charge in [0.15, 0.2) is 0 Å². The summed E-state index contributed by atoms with van der Waals surface area (Å²) in [7, 11) is 0. The first kappa shape index (κ1) is 20.6. The highest BCUT2D eigenvalue weighted by atomic mass is 32.1. The second-order valence-corrected chi connectivity index (χ2v) is 7.12. The smallest absolute Gasteiger partial charge is 0.341 e. The van der Waals surface area contributed by atoms with Crippen LogP contribution in [-0.4, -0.2) is 25.1 Å². The Morgan fingerprint density at radius 1 is 0.966 bits per heavy atom. The third-order valence-electron chi connectivity index (χ3n) is 4.21. The van der Waals surface area contributed by atoms with Gasteiger partial charge in [0.05, 0.1) is 19.6 Å². The number of carbonyl (C=O) groups is 2. The van der Waals surface area contributed by atoms with E-state index < -0.39 is 5.97 Å². The topological polar surface area (TPSA) is 64.6 Å². The summed E-state index contributed by atoms with van der Waals surface area (Å²) in [5.41, 5.74) is 2.87. The van der Waals surface area contributed by atoms with Gasteiger partial charge in [0, 0.05) is 10.9 Å². The van der Waals surface area contributed by atoms with Gasteiger partial charge in [0.25, 0.3) is 0 Å². The molecule has 1 N–H and O–H groups in total. The van der Waals surface area contributed by atoms with Crippen molar-refractivity contribution in [3.63, 3.8) is 0 Å². The number of ether oxygens (including phenoxy) is 2. The molecule has 1 heterocycles. The van der Waals surface area contributed by atoms with Gasteiger partial charge in [-0.1, -0.05) is 42.5 Å². The molecule has 0 bridgehead atoms. The lowest BCUT2D eigenvalue weighted by Gasteiger charge is -2.09. The summed E-state index contributed by atoms with van der Waals surface area (Å²) in [4.78, 5) is 25.1. The van der Waals surface area contributed by atoms with E-state index in [2.05, 4.69) is 5.32 Å². The van der Waals surface area contributed by atoms with Crippen LogP contribution < -0.4 is 10.1 Å². The van der Waals surface area contributed by atoms with Crippen molar-refractivity contribution in [2.24, 2.45) is 0 Å². The number of anilines is 1. The Balaban J connectivity index is 1.87. The predicted octanol–water partition coefficient (Wildman–Crippen LogP) is 5.17. The Morgan fingerprint density at radius 2 is 1.69 bits per heavy atom. The summed E-state index contributed by atoms with van der Waals surface area (Å²) in [6.07, 6.45) is 0.236. The highest BCUT2D eigenvalue weighted by Crippen LogP contribution is 2.37. The number of hydrogen-bond donors (Lipinski definition) is 1. The second-order valence-electron chi connectivity index (χ2n) is 6.24. The molecular formula is C23H23NO4S. The van der Waals surface area contributed by atoms with Crippen molar-refractivity contribution in [3.05, 3.63) is 71.1 Å². The minimum atomic E-state index is -0.451. The Hall–Kier alpha value is -3.12. The van der Waals surface area contributed by atoms with Crippen molar-refractivity contribution in [1.29, 1.82) is 0 Å². The first-order valence-electron chi connectivity index (χ1n) is 9.48. The summed E-state index contributed by atoms with van der Waals surface area (Å²) in [5.74, 6) is 0.134. The van der Waals surface area contributed by atoms with Crippen molar-refractivity contribution in [1.82, 2.24) is 0 Å². The summed E-state index contributed by atoms with van der Waals surface area (Å²) < 4.78 is 10.7. The number of benzene rings is 2. The standard InChI is InChI=1S/C23H23NO4S/c1-3-27-18-12-10-17(11-13-18)19-15-29-22(21(19)23(26)28-4-2)24-20(25)14-16-8-6-5-7-9-16/h5-13,15H,3-4,14H2,1-2H3,(H,24,25). The third-order valence-corrected chi connectivity index (χ3v) is 5.10. The molecule has 0 aliphatic carbocycles. The number of rotatable bonds is 8. The fraction of sp³-hybridized carbons (Fsp3) is 0.217. The van der Waals surface area contributed by atoms with Crippen molar-refractivity contribution in [2.45, 2.75) is 20.3 Å². The number of thiophene rings is 1. The summed E-state index contributed by atoms with van der Waals surface area (Å²) in [5, 5.41) is 5.23. The van der Waals surface area contributed by atoms with Crippen LogP contribution in [0, 0.1) is 0 Å². The minimum absolute atomic E-state index is 0.179. The summed E-state index contributed by atoms with van der Waals surface area (Å²) >= 11 is 1.31. The largest absolute Gasteiger partial charge is 0.494 e. The van der Waals surface area contributed by atoms with E-state index in [0.717, 1.165) is 22.4 Å². The molecule has 6 heteroatoms. The number of carbonyl (C=O) groups excluding carboxylic acids is 2. The van der Waals surface area contributed by atoms with Crippen LogP contribution in [0.1, 0.15) is 29.8 Å². The van der Waals surface area contributed by atoms with Gasteiger partial charge in [-0.3, -0.25) is 4.79 Å². The molecule has 5 nitrogen and oxygen atoms in total. The van der Waals surface area contributed by atoms with Crippen LogP contribution in [0.25, 0.3) is 11.1 Å². The van der Waals surface area contributed by atoms with E-state index in [9.17, 15) is 9.59 Å². The van der Waals surface area contributed by atoms with Crippen LogP contribution in [0.3, 0.4) is 0 Å². The molecule has 0 radical (unpaired) electrons. The number of amides is 1. The van der Waals surface area contributed by atoms with Crippen LogP contribution in [0.2, 0.25) is 0 Å². The van der Waals surface area contributed by atoms with E-state index in [1.165, 1.54) is 11.3 Å². The highest BCUT2D eigenvalue weighted by Gasteiger charge is 2.23. The van der Waals surface area contributed by atoms with Gasteiger partial charge in [-0.2, -0.15) is 0 Å². The van der Waals surface area contributed by atoms with Gasteiger partial charge >= 0.3 is 5.97 Å². The Kier molecular flexibility index (Phi) is 7.03. The van der Waals surface area contributed by atoms with E-state index in [0.29, 0.717) is 17.2 Å². The normalized spacial score (nSPS) is 10.4. The average Bonchev–Trinajstić information content (AvgIpc) is 3.13. The number of hydrogen-bond acceptors (Lipinski definition) is 5. The van der Waals surface area contributed by atoms with E-state index in [1.807, 2.05) is 66.9 Å². The van der Waals surface area contributed by atoms with Crippen molar-refractivity contribution in [3.8, 4) is 16.9 Å². The SMILES string of the molecule is CCOC(=O)c1c(-c2ccc(OCC)cc2)csc1NC(=O)Cc1ccccc1. The Bertz CT molecular complexity index is 964. The van der Waals surface area contributed by atoms with Gasteiger partial charge in [-0.05, 0) is 37.1 Å². The zero-order valence-corrected chi connectivity index (χ0v) is 17.3. The van der Waals surface area contributed by atoms with E-state index >= 15 is 0 Å². The zero-order valence-electron chi connectivity index (χ0n) is 16.4. The predicted molar refractivity (Wildman–Crippen MR) is 116 cm³/mol. The van der Waals surface area contributed by atoms with Crippen LogP contribution in [0.4, 0.5) is 5.00 Å². The zero-order chi connectivity index (χ0) is 20.6. The molecule has 0 saturated carbocycles. The van der Waals surface area contributed by atoms with Crippen LogP contribution in [0.15, 0.2) is 60.0 Å². The quantitative estimate of drug-likeness (QED) is 0.521. The minimum Gasteiger partial charge on any atom is -0.494 e. The van der Waals surface area contributed by atoms with E-state index in [1.54, 1.807) is 6.92 Å². The van der Waals surface area contributed by atoms with Crippen LogP contribution >= 0.6 is 11.3 Å². The lowest BCUT2D eigenvalue weighted by Crippen LogP contribution is -2.16. The molecule has 3 rings (SSSR count). The average molecular weight is 410 g/mol. The molecule has 0 aliphatic heterocycles. The molecule has 150 valence electrons. The van der Waals surface area contributed by atoms with Crippen molar-refractivity contribution < 1.29 is 19.1 Å². The molecule has 0 aliphatic rings. The highest BCUT2D eigenvalue weighted by molar-refractivity contribution is 7.15. The summed E-state index contributed by atoms with van der Waals surface area (Å²) in [6.45, 7) is 4.53. The first-order valence-corrected chi connectivity index (χ1v) is 10.4. The van der Waals surface area contributed by atoms with Gasteiger partial charge in [0.1, 0.15) is 16.3 Å². The molecular weight excluding hydrogens is 386 g/mol. The van der Waals surface area contributed by atoms with Crippen LogP contribution in [-0.2, 0) is 16.0 Å². The lowest BCUT2D eigenvalue weighted by molar-refractivity contribution is -0.115. The molecule has 0 spiro atoms. The van der Waals surface area contributed by atoms with Gasteiger partial charge in [-0.25, -0.2) is 4.79 Å². The van der Waals surface area contributed by atoms with Crippen molar-refractivity contribution >= 4 is 28.2 Å². The Labute approximate surface area is 174 Å². The maximum Gasteiger partial charge on any atom is 0.341 e. The molecule has 3 aromatic rings. The number of nitrogens with one attached hydrogen (secondary N) is 1. The van der Waals surface area contributed by atoms with Crippen LogP contribution in [0.5, 0.6) is 5.75 Å². The molecule has 0 unspecified atom stereocenters. The van der Waals surface area contributed by atoms with Gasteiger partial charge in [0.2, 0.25) is 5.91 Å². The molecule has 29 heavy (non-hydrogen) atoms. The van der Waals surface area contributed by atoms with E-state index in [-0.39, 0.29) is 18.9 Å². The molecule has 0 saturated heterocycles. The molecule has 0 fully saturated rings. The monoisotopic (exact) mass is 409 g/mol. The molecule has 2 aromatic carbocycles. The fourth-order valence-corrected chi connectivity index (χ4v) is 3.89. The fourth-order valence-electron chi connectivity index (χ4n) is 2.92. The second kappa shape index (κ2) is 9.89. The first-order chi connectivity index (χ1) is 14.1. The summed E-state index contributed by atoms with van der Waals surface area (Å²) in [6, 6.07) is 17.0. The molecule has 1 aromatic heterocycles. The molecule has 0 atom stereocenters. The maximum absolute atomic E-state index is 12.6. The van der Waals surface area contributed by atoms with E-state index in [4.69, 9.17) is 9.47 Å². The lowest BCUT2D eigenvalue weighted by atomic mass is 10.0. The molecule has 1 amide bonds. The number of esters is 1. The van der Waals surface area contributed by atoms with Crippen molar-refractivity contribution in [2.75, 3.05) is 18.5 Å². The van der Waals surface area contributed by atoms with Gasteiger partial charge in [-0.15, -0.1) is 11.3 Å².